The Hall–Kier alpha value is -3.85. The Balaban J connectivity index is 1.61. The molecule has 192 valence electrons. The van der Waals surface area contributed by atoms with Crippen LogP contribution in [0.25, 0.3) is 5.69 Å². The van der Waals surface area contributed by atoms with Crippen molar-refractivity contribution in [1.29, 1.82) is 0 Å². The molecule has 0 amide bonds. The average molecular weight is 519 g/mol. The van der Waals surface area contributed by atoms with Crippen molar-refractivity contribution in [3.63, 3.8) is 0 Å². The molecule has 3 aromatic carbocycles. The van der Waals surface area contributed by atoms with Gasteiger partial charge in [0.05, 0.1) is 6.61 Å². The highest BCUT2D eigenvalue weighted by molar-refractivity contribution is 7.99. The summed E-state index contributed by atoms with van der Waals surface area (Å²) < 4.78 is 13.8. The van der Waals surface area contributed by atoms with Crippen LogP contribution in [0, 0.1) is 30.9 Å². The zero-order chi connectivity index (χ0) is 26.4. The van der Waals surface area contributed by atoms with Crippen molar-refractivity contribution in [3.05, 3.63) is 105 Å². The molecule has 0 aliphatic heterocycles. The van der Waals surface area contributed by atoms with Crippen molar-refractivity contribution in [2.24, 2.45) is 0 Å². The largest absolute Gasteiger partial charge is 0.490 e. The van der Waals surface area contributed by atoms with E-state index in [4.69, 9.17) is 9.47 Å². The van der Waals surface area contributed by atoms with Crippen LogP contribution in [0.5, 0.6) is 11.5 Å². The molecule has 0 N–H and O–H groups in total. The van der Waals surface area contributed by atoms with Gasteiger partial charge in [0, 0.05) is 10.6 Å². The summed E-state index contributed by atoms with van der Waals surface area (Å²) in [5, 5.41) is 20.3. The maximum absolute atomic E-state index is 11.6. The molecule has 0 saturated heterocycles. The van der Waals surface area contributed by atoms with Gasteiger partial charge in [-0.15, -0.1) is 10.2 Å². The molecule has 1 atom stereocenters. The van der Waals surface area contributed by atoms with E-state index in [1.54, 1.807) is 0 Å². The van der Waals surface area contributed by atoms with E-state index in [9.17, 15) is 10.1 Å². The Labute approximate surface area is 220 Å². The van der Waals surface area contributed by atoms with Gasteiger partial charge in [-0.1, -0.05) is 65.4 Å². The Morgan fingerprint density at radius 1 is 0.919 bits per heavy atom. The lowest BCUT2D eigenvalue weighted by Crippen LogP contribution is -2.11. The third-order valence-electron chi connectivity index (χ3n) is 5.80. The highest BCUT2D eigenvalue weighted by Gasteiger charge is 2.25. The molecule has 0 spiro atoms. The molecular weight excluding hydrogens is 488 g/mol. The van der Waals surface area contributed by atoms with Crippen LogP contribution in [0.3, 0.4) is 0 Å². The number of aromatic nitrogens is 3. The van der Waals surface area contributed by atoms with E-state index in [1.165, 1.54) is 17.3 Å². The lowest BCUT2D eigenvalue weighted by atomic mass is 10.1. The summed E-state index contributed by atoms with van der Waals surface area (Å²) >= 11 is 1.31. The fourth-order valence-corrected chi connectivity index (χ4v) is 5.01. The van der Waals surface area contributed by atoms with Crippen LogP contribution >= 0.6 is 11.8 Å². The Morgan fingerprint density at radius 2 is 1.59 bits per heavy atom. The molecule has 0 bridgehead atoms. The number of hydrogen-bond acceptors (Lipinski definition) is 7. The van der Waals surface area contributed by atoms with Gasteiger partial charge in [-0.25, -0.2) is 0 Å². The van der Waals surface area contributed by atoms with Gasteiger partial charge in [0.2, 0.25) is 6.54 Å². The minimum absolute atomic E-state index is 0.278. The van der Waals surface area contributed by atoms with Gasteiger partial charge < -0.3 is 9.47 Å². The molecule has 0 unspecified atom stereocenters. The Morgan fingerprint density at radius 3 is 2.24 bits per heavy atom. The number of hydrogen-bond donors (Lipinski definition) is 0. The first-order valence-corrected chi connectivity index (χ1v) is 12.9. The molecule has 37 heavy (non-hydrogen) atoms. The standard InChI is InChI=1S/C28H30N4O4S/c1-5-35-26-16-23(12-15-25(26)36-18-22-10-6-19(2)7-11-22)27(17-31(33)34)37-28-30-29-21(4)32(28)24-13-8-20(3)9-14-24/h6-16,27H,5,17-18H2,1-4H3/t27-/m1/s1. The zero-order valence-electron chi connectivity index (χ0n) is 21.4. The molecule has 1 aromatic heterocycles. The summed E-state index contributed by atoms with van der Waals surface area (Å²) in [4.78, 5) is 11.3. The fourth-order valence-electron chi connectivity index (χ4n) is 3.84. The van der Waals surface area contributed by atoms with Gasteiger partial charge in [0.15, 0.2) is 16.7 Å². The van der Waals surface area contributed by atoms with Crippen molar-refractivity contribution in [1.82, 2.24) is 14.8 Å². The van der Waals surface area contributed by atoms with Crippen molar-refractivity contribution in [3.8, 4) is 17.2 Å². The summed E-state index contributed by atoms with van der Waals surface area (Å²) in [6.45, 7) is 8.39. The molecule has 0 fully saturated rings. The lowest BCUT2D eigenvalue weighted by Gasteiger charge is -2.17. The van der Waals surface area contributed by atoms with Crippen LogP contribution in [0.2, 0.25) is 0 Å². The van der Waals surface area contributed by atoms with Crippen LogP contribution in [0.15, 0.2) is 71.9 Å². The highest BCUT2D eigenvalue weighted by atomic mass is 32.2. The first-order chi connectivity index (χ1) is 17.8. The number of thioether (sulfide) groups is 1. The number of aryl methyl sites for hydroxylation is 3. The van der Waals surface area contributed by atoms with Crippen molar-refractivity contribution < 1.29 is 14.4 Å². The smallest absolute Gasteiger partial charge is 0.220 e. The van der Waals surface area contributed by atoms with E-state index >= 15 is 0 Å². The molecule has 0 radical (unpaired) electrons. The van der Waals surface area contributed by atoms with Crippen LogP contribution < -0.4 is 9.47 Å². The third kappa shape index (κ3) is 6.68. The van der Waals surface area contributed by atoms with Crippen LogP contribution in [0.1, 0.15) is 40.3 Å². The molecule has 4 aromatic rings. The van der Waals surface area contributed by atoms with E-state index in [0.717, 1.165) is 22.4 Å². The van der Waals surface area contributed by atoms with Crippen LogP contribution in [-0.4, -0.2) is 32.8 Å². The fraction of sp³-hybridized carbons (Fsp3) is 0.286. The number of benzene rings is 3. The molecular formula is C28H30N4O4S. The third-order valence-corrected chi connectivity index (χ3v) is 6.99. The van der Waals surface area contributed by atoms with E-state index in [2.05, 4.69) is 10.2 Å². The van der Waals surface area contributed by atoms with Crippen LogP contribution in [0.4, 0.5) is 0 Å². The molecule has 4 rings (SSSR count). The van der Waals surface area contributed by atoms with Gasteiger partial charge in [-0.2, -0.15) is 0 Å². The molecule has 0 saturated carbocycles. The zero-order valence-corrected chi connectivity index (χ0v) is 22.2. The minimum atomic E-state index is -0.506. The average Bonchev–Trinajstić information content (AvgIpc) is 3.24. The molecule has 0 aliphatic carbocycles. The van der Waals surface area contributed by atoms with E-state index < -0.39 is 5.25 Å². The van der Waals surface area contributed by atoms with E-state index in [1.807, 2.05) is 99.0 Å². The quantitative estimate of drug-likeness (QED) is 0.131. The normalized spacial score (nSPS) is 11.8. The maximum atomic E-state index is 11.6. The second kappa shape index (κ2) is 11.9. The van der Waals surface area contributed by atoms with Gasteiger partial charge in [-0.3, -0.25) is 14.7 Å². The number of rotatable bonds is 11. The summed E-state index contributed by atoms with van der Waals surface area (Å²) in [7, 11) is 0. The summed E-state index contributed by atoms with van der Waals surface area (Å²) in [6, 6.07) is 21.7. The molecule has 8 nitrogen and oxygen atoms in total. The van der Waals surface area contributed by atoms with Crippen molar-refractivity contribution in [2.45, 2.75) is 44.7 Å². The van der Waals surface area contributed by atoms with E-state index in [0.29, 0.717) is 35.7 Å². The first kappa shape index (κ1) is 26.2. The summed E-state index contributed by atoms with van der Waals surface area (Å²) in [6.07, 6.45) is 0. The lowest BCUT2D eigenvalue weighted by molar-refractivity contribution is -0.479. The maximum Gasteiger partial charge on any atom is 0.220 e. The summed E-state index contributed by atoms with van der Waals surface area (Å²) in [5.74, 6) is 1.85. The number of nitrogens with zero attached hydrogens (tertiary/aromatic N) is 4. The Kier molecular flexibility index (Phi) is 8.45. The molecule has 1 heterocycles. The van der Waals surface area contributed by atoms with E-state index in [-0.39, 0.29) is 11.5 Å². The monoisotopic (exact) mass is 518 g/mol. The predicted molar refractivity (Wildman–Crippen MR) is 144 cm³/mol. The molecule has 0 aliphatic rings. The second-order valence-electron chi connectivity index (χ2n) is 8.74. The van der Waals surface area contributed by atoms with Gasteiger partial charge in [0.25, 0.3) is 0 Å². The van der Waals surface area contributed by atoms with Gasteiger partial charge in [0.1, 0.15) is 17.7 Å². The minimum Gasteiger partial charge on any atom is -0.490 e. The molecule has 9 heteroatoms. The number of ether oxygens (including phenoxy) is 2. The number of nitro groups is 1. The highest BCUT2D eigenvalue weighted by Crippen LogP contribution is 2.39. The summed E-state index contributed by atoms with van der Waals surface area (Å²) in [5.41, 5.74) is 5.04. The second-order valence-corrected chi connectivity index (χ2v) is 9.91. The van der Waals surface area contributed by atoms with Crippen molar-refractivity contribution >= 4 is 11.8 Å². The van der Waals surface area contributed by atoms with Crippen LogP contribution in [-0.2, 0) is 6.61 Å². The Bertz CT molecular complexity index is 1350. The SMILES string of the molecule is CCOc1cc([C@@H](C[N+](=O)[O-])Sc2nnc(C)n2-c2ccc(C)cc2)ccc1OCc1ccc(C)cc1. The predicted octanol–water partition coefficient (Wildman–Crippen LogP) is 6.28. The van der Waals surface area contributed by atoms with Gasteiger partial charge in [-0.05, 0) is 63.1 Å². The van der Waals surface area contributed by atoms with Crippen molar-refractivity contribution in [2.75, 3.05) is 13.2 Å². The topological polar surface area (TPSA) is 92.3 Å². The first-order valence-electron chi connectivity index (χ1n) is 12.1. The van der Waals surface area contributed by atoms with Gasteiger partial charge >= 0.3 is 0 Å².